The largest absolute Gasteiger partial charge is 0.462 e. The molecular weight excluding hydrogens is 828 g/mol. The fourth-order valence-corrected chi connectivity index (χ4v) is 7.25. The van der Waals surface area contributed by atoms with Crippen LogP contribution in [0.3, 0.4) is 0 Å². The van der Waals surface area contributed by atoms with Crippen LogP contribution in [0.25, 0.3) is 43.1 Å². The fraction of sp³-hybridized carbons (Fsp3) is 0.350. The molecule has 0 aromatic heterocycles. The molecule has 0 saturated heterocycles. The number of benzene rings is 5. The average Bonchev–Trinajstić information content (AvgIpc) is 3.13. The third-order valence-electron chi connectivity index (χ3n) is 9.61. The number of esters is 2. The quantitative estimate of drug-likeness (QED) is 0.0307. The summed E-state index contributed by atoms with van der Waals surface area (Å²) in [5.74, 6) is -2.60. The lowest BCUT2D eigenvalue weighted by Gasteiger charge is -2.30. The van der Waals surface area contributed by atoms with Crippen LogP contribution >= 0.6 is 31.9 Å². The highest BCUT2D eigenvalue weighted by Crippen LogP contribution is 2.46. The first-order valence-electron chi connectivity index (χ1n) is 17.4. The minimum Gasteiger partial charge on any atom is -0.462 e. The first-order valence-corrected chi connectivity index (χ1v) is 19.0. The molecule has 2 heterocycles. The maximum atomic E-state index is 13.8. The van der Waals surface area contributed by atoms with Gasteiger partial charge in [0.15, 0.2) is 0 Å². The van der Waals surface area contributed by atoms with Crippen molar-refractivity contribution in [3.05, 3.63) is 70.8 Å². The van der Waals surface area contributed by atoms with Gasteiger partial charge in [-0.3, -0.25) is 38.6 Å². The second-order valence-corrected chi connectivity index (χ2v) is 18.1. The third-order valence-corrected chi connectivity index (χ3v) is 10.3. The van der Waals surface area contributed by atoms with Gasteiger partial charge < -0.3 is 18.9 Å². The van der Waals surface area contributed by atoms with E-state index in [1.165, 1.54) is 9.80 Å². The molecule has 14 heteroatoms. The van der Waals surface area contributed by atoms with Gasteiger partial charge in [-0.2, -0.15) is 0 Å². The maximum Gasteiger partial charge on any atom is 0.322 e. The monoisotopic (exact) mass is 862 g/mol. The number of carbonyl (C=O) groups is 6. The number of halogens is 2. The molecule has 0 radical (unpaired) electrons. The Bertz CT molecular complexity index is 2120. The minimum absolute atomic E-state index is 0.0180. The van der Waals surface area contributed by atoms with Crippen LogP contribution in [0.2, 0.25) is 0 Å². The molecule has 2 aliphatic rings. The molecule has 0 fully saturated rings. The summed E-state index contributed by atoms with van der Waals surface area (Å²) < 4.78 is 19.9. The summed E-state index contributed by atoms with van der Waals surface area (Å²) in [6.45, 7) is 7.17. The molecule has 280 valence electrons. The number of imide groups is 2. The van der Waals surface area contributed by atoms with Crippen LogP contribution in [-0.2, 0) is 28.5 Å². The van der Waals surface area contributed by atoms with Gasteiger partial charge in [-0.25, -0.2) is 0 Å². The number of nitrogens with zero attached hydrogens (tertiary/aromatic N) is 2. The van der Waals surface area contributed by atoms with Gasteiger partial charge in [0.05, 0.1) is 39.5 Å². The fourth-order valence-electron chi connectivity index (χ4n) is 7.02. The van der Waals surface area contributed by atoms with Crippen molar-refractivity contribution >= 4 is 111 Å². The molecule has 0 spiro atoms. The van der Waals surface area contributed by atoms with E-state index in [0.29, 0.717) is 33.0 Å². The Morgan fingerprint density at radius 1 is 0.481 bits per heavy atom. The number of hydrogen-bond acceptors (Lipinski definition) is 10. The van der Waals surface area contributed by atoms with E-state index in [9.17, 15) is 28.8 Å². The molecule has 0 bridgehead atoms. The van der Waals surface area contributed by atoms with Gasteiger partial charge in [0, 0.05) is 33.0 Å². The Kier molecular flexibility index (Phi) is 10.0. The first kappa shape index (κ1) is 37.8. The molecule has 12 nitrogen and oxygen atoms in total. The van der Waals surface area contributed by atoms with Crippen molar-refractivity contribution in [2.75, 3.05) is 52.7 Å². The van der Waals surface area contributed by atoms with Crippen molar-refractivity contribution in [3.63, 3.8) is 0 Å². The van der Waals surface area contributed by atoms with Crippen molar-refractivity contribution in [2.45, 2.75) is 36.3 Å². The summed E-state index contributed by atoms with van der Waals surface area (Å²) in [4.78, 5) is 81.4. The molecule has 0 N–H and O–H groups in total. The maximum absolute atomic E-state index is 13.8. The van der Waals surface area contributed by atoms with Gasteiger partial charge in [-0.1, -0.05) is 56.1 Å². The second-order valence-electron chi connectivity index (χ2n) is 14.1. The standard InChI is InChI=1S/C40H36Br2N2O10/c1-39(2,41)37(49)53-19-17-51-15-13-43-33(45)25-9-5-21-23-7-11-27-32-28(12-8-24(30(23)32)22-6-10-26(34(43)46)31(25)29(21)22)36(48)44(35(27)47)14-16-52-18-20-54-38(50)40(3,4)42/h5-12H,13-20H2,1-4H3. The Labute approximate surface area is 326 Å². The van der Waals surface area contributed by atoms with E-state index >= 15 is 0 Å². The third kappa shape index (κ3) is 6.52. The highest BCUT2D eigenvalue weighted by Gasteiger charge is 2.37. The zero-order chi connectivity index (χ0) is 38.7. The van der Waals surface area contributed by atoms with Gasteiger partial charge in [0.1, 0.15) is 21.9 Å². The minimum atomic E-state index is -0.813. The predicted molar refractivity (Wildman–Crippen MR) is 208 cm³/mol. The Balaban J connectivity index is 1.13. The summed E-state index contributed by atoms with van der Waals surface area (Å²) in [6, 6.07) is 14.3. The predicted octanol–water partition coefficient (Wildman–Crippen LogP) is 6.40. The van der Waals surface area contributed by atoms with E-state index in [1.807, 2.05) is 24.3 Å². The molecule has 5 aromatic rings. The van der Waals surface area contributed by atoms with Crippen molar-refractivity contribution in [2.24, 2.45) is 0 Å². The molecular formula is C40H36Br2N2O10. The van der Waals surface area contributed by atoms with Crippen molar-refractivity contribution in [1.82, 2.24) is 9.80 Å². The Hall–Kier alpha value is -4.50. The number of ether oxygens (including phenoxy) is 4. The summed E-state index contributed by atoms with van der Waals surface area (Å²) in [7, 11) is 0. The summed E-state index contributed by atoms with van der Waals surface area (Å²) >= 11 is 6.50. The summed E-state index contributed by atoms with van der Waals surface area (Å²) in [5.41, 5.74) is 1.56. The molecule has 0 atom stereocenters. The van der Waals surface area contributed by atoms with E-state index in [4.69, 9.17) is 18.9 Å². The zero-order valence-electron chi connectivity index (χ0n) is 30.0. The molecule has 0 saturated carbocycles. The highest BCUT2D eigenvalue weighted by molar-refractivity contribution is 9.10. The van der Waals surface area contributed by atoms with Crippen LogP contribution in [0.1, 0.15) is 69.1 Å². The van der Waals surface area contributed by atoms with Gasteiger partial charge in [-0.05, 0) is 84.3 Å². The normalized spacial score (nSPS) is 14.7. The molecule has 0 unspecified atom stereocenters. The van der Waals surface area contributed by atoms with Crippen LogP contribution in [0.15, 0.2) is 48.5 Å². The van der Waals surface area contributed by atoms with Crippen molar-refractivity contribution in [3.8, 4) is 0 Å². The lowest BCUT2D eigenvalue weighted by atomic mass is 9.82. The van der Waals surface area contributed by atoms with Crippen LogP contribution in [0.4, 0.5) is 0 Å². The molecule has 2 aliphatic heterocycles. The first-order chi connectivity index (χ1) is 25.6. The summed E-state index contributed by atoms with van der Waals surface area (Å²) in [6.07, 6.45) is 0. The van der Waals surface area contributed by atoms with Gasteiger partial charge in [0.25, 0.3) is 23.6 Å². The molecule has 7 rings (SSSR count). The smallest absolute Gasteiger partial charge is 0.322 e. The lowest BCUT2D eigenvalue weighted by Crippen LogP contribution is -2.42. The Morgan fingerprint density at radius 3 is 1.06 bits per heavy atom. The number of rotatable bonds is 14. The van der Waals surface area contributed by atoms with Crippen LogP contribution in [0, 0.1) is 0 Å². The van der Waals surface area contributed by atoms with Crippen LogP contribution in [0.5, 0.6) is 0 Å². The number of alkyl halides is 2. The van der Waals surface area contributed by atoms with E-state index in [2.05, 4.69) is 31.9 Å². The van der Waals surface area contributed by atoms with Crippen molar-refractivity contribution < 1.29 is 47.7 Å². The average molecular weight is 865 g/mol. The number of hydrogen-bond donors (Lipinski definition) is 0. The SMILES string of the molecule is CC(C)(Br)C(=O)OCCOCCN1C(=O)c2ccc3c4ccc5c6c(ccc(c7ccc(c2c37)C1=O)c64)C(=O)N(CCOCCOC(=O)C(C)(C)Br)C5=O. The van der Waals surface area contributed by atoms with E-state index in [-0.39, 0.29) is 52.7 Å². The molecule has 4 amide bonds. The van der Waals surface area contributed by atoms with Gasteiger partial charge >= 0.3 is 11.9 Å². The van der Waals surface area contributed by atoms with Crippen LogP contribution in [-0.4, -0.2) is 107 Å². The number of amides is 4. The van der Waals surface area contributed by atoms with E-state index < -0.39 is 44.2 Å². The topological polar surface area (TPSA) is 146 Å². The second kappa shape index (κ2) is 14.3. The Morgan fingerprint density at radius 2 is 0.778 bits per heavy atom. The summed E-state index contributed by atoms with van der Waals surface area (Å²) in [5, 5.41) is 5.80. The number of fused-ring (bicyclic) bond motifs is 2. The van der Waals surface area contributed by atoms with Gasteiger partial charge in [-0.15, -0.1) is 0 Å². The molecule has 54 heavy (non-hydrogen) atoms. The van der Waals surface area contributed by atoms with E-state index in [0.717, 1.165) is 32.3 Å². The zero-order valence-corrected chi connectivity index (χ0v) is 33.2. The lowest BCUT2D eigenvalue weighted by molar-refractivity contribution is -0.147. The molecule has 0 aliphatic carbocycles. The number of carbonyl (C=O) groups excluding carboxylic acids is 6. The van der Waals surface area contributed by atoms with Gasteiger partial charge in [0.2, 0.25) is 0 Å². The molecule has 5 aromatic carbocycles. The van der Waals surface area contributed by atoms with Crippen LogP contribution < -0.4 is 0 Å². The van der Waals surface area contributed by atoms with Crippen molar-refractivity contribution in [1.29, 1.82) is 0 Å². The highest BCUT2D eigenvalue weighted by atomic mass is 79.9. The van der Waals surface area contributed by atoms with E-state index in [1.54, 1.807) is 52.0 Å².